The van der Waals surface area contributed by atoms with Crippen molar-refractivity contribution in [1.82, 2.24) is 0 Å². The van der Waals surface area contributed by atoms with E-state index < -0.39 is 30.9 Å². The number of hydrogen-bond acceptors (Lipinski definition) is 4. The summed E-state index contributed by atoms with van der Waals surface area (Å²) in [5.41, 5.74) is -1.79. The molecule has 4 nitrogen and oxygen atoms in total. The van der Waals surface area contributed by atoms with Crippen LogP contribution in [0.2, 0.25) is 10.0 Å². The Balaban J connectivity index is 1.76. The van der Waals surface area contributed by atoms with Crippen LogP contribution in [0.15, 0.2) is 35.5 Å². The van der Waals surface area contributed by atoms with Crippen molar-refractivity contribution >= 4 is 64.1 Å². The van der Waals surface area contributed by atoms with Gasteiger partial charge in [-0.05, 0) is 71.2 Å². The first kappa shape index (κ1) is 22.2. The van der Waals surface area contributed by atoms with E-state index in [-0.39, 0.29) is 21.3 Å². The van der Waals surface area contributed by atoms with Gasteiger partial charge in [0, 0.05) is 15.6 Å². The first-order valence-corrected chi connectivity index (χ1v) is 10.7. The Morgan fingerprint density at radius 3 is 2.53 bits per heavy atom. The van der Waals surface area contributed by atoms with Crippen LogP contribution in [0, 0.1) is 3.57 Å². The quantitative estimate of drug-likeness (QED) is 0.310. The minimum Gasteiger partial charge on any atom is -0.423 e. The minimum absolute atomic E-state index is 0.00431. The van der Waals surface area contributed by atoms with Crippen molar-refractivity contribution in [3.05, 3.63) is 60.6 Å². The average Bonchev–Trinajstić information content (AvgIpc) is 3.20. The van der Waals surface area contributed by atoms with Crippen LogP contribution in [0.5, 0.6) is 0 Å². The molecule has 158 valence electrons. The van der Waals surface area contributed by atoms with E-state index in [2.05, 4.69) is 5.16 Å². The molecule has 0 aromatic heterocycles. The summed E-state index contributed by atoms with van der Waals surface area (Å²) in [6, 6.07) is 7.37. The maximum atomic E-state index is 14.2. The summed E-state index contributed by atoms with van der Waals surface area (Å²) in [6.07, 6.45) is -5.29. The molecule has 0 spiro atoms. The maximum absolute atomic E-state index is 14.2. The number of hydrogen-bond donors (Lipinski definition) is 1. The normalized spacial score (nSPS) is 22.7. The number of rotatable bonds is 2. The van der Waals surface area contributed by atoms with Gasteiger partial charge in [-0.1, -0.05) is 40.5 Å². The van der Waals surface area contributed by atoms with Gasteiger partial charge in [-0.3, -0.25) is 0 Å². The van der Waals surface area contributed by atoms with Crippen LogP contribution in [0.25, 0.3) is 0 Å². The van der Waals surface area contributed by atoms with Gasteiger partial charge >= 0.3 is 13.3 Å². The molecule has 2 aromatic carbocycles. The van der Waals surface area contributed by atoms with Crippen molar-refractivity contribution in [3.8, 4) is 0 Å². The SMILES string of the molecule is CC1(C)OB(O)c2ccc(C3=NOC(c4cc(Cl)c(Cl)c(I)c4)(C(F)(F)F)C3)cc21. The number of fused-ring (bicyclic) bond motifs is 1. The molecule has 0 aliphatic carbocycles. The number of nitrogens with zero attached hydrogens (tertiary/aromatic N) is 1. The third-order valence-corrected chi connectivity index (χ3v) is 7.32. The second-order valence-corrected chi connectivity index (χ2v) is 9.61. The Kier molecular flexibility index (Phi) is 5.37. The first-order valence-electron chi connectivity index (χ1n) is 8.83. The zero-order valence-corrected chi connectivity index (χ0v) is 19.3. The van der Waals surface area contributed by atoms with Crippen LogP contribution in [0.4, 0.5) is 13.2 Å². The predicted molar refractivity (Wildman–Crippen MR) is 117 cm³/mol. The average molecular weight is 570 g/mol. The second kappa shape index (κ2) is 7.26. The fourth-order valence-electron chi connectivity index (χ4n) is 3.73. The van der Waals surface area contributed by atoms with E-state index in [1.165, 1.54) is 6.07 Å². The number of oxime groups is 1. The number of halogens is 6. The highest BCUT2D eigenvalue weighted by Crippen LogP contribution is 2.50. The topological polar surface area (TPSA) is 51.0 Å². The molecule has 0 radical (unpaired) electrons. The Hall–Kier alpha value is -1.01. The summed E-state index contributed by atoms with van der Waals surface area (Å²) in [7, 11) is -1.08. The zero-order chi connectivity index (χ0) is 22.1. The molecule has 0 saturated heterocycles. The molecule has 1 atom stereocenters. The molecule has 1 unspecified atom stereocenters. The van der Waals surface area contributed by atoms with Gasteiger partial charge in [0.15, 0.2) is 0 Å². The molecule has 0 fully saturated rings. The smallest absolute Gasteiger partial charge is 0.423 e. The van der Waals surface area contributed by atoms with E-state index in [9.17, 15) is 18.2 Å². The lowest BCUT2D eigenvalue weighted by atomic mass is 9.77. The Morgan fingerprint density at radius 2 is 1.90 bits per heavy atom. The Labute approximate surface area is 194 Å². The van der Waals surface area contributed by atoms with E-state index in [0.717, 1.165) is 6.07 Å². The lowest BCUT2D eigenvalue weighted by Gasteiger charge is -2.30. The van der Waals surface area contributed by atoms with E-state index in [4.69, 9.17) is 32.7 Å². The molecule has 2 aromatic rings. The summed E-state index contributed by atoms with van der Waals surface area (Å²) in [5, 5.41) is 14.0. The van der Waals surface area contributed by atoms with Gasteiger partial charge in [0.2, 0.25) is 0 Å². The van der Waals surface area contributed by atoms with Gasteiger partial charge in [-0.2, -0.15) is 13.2 Å². The van der Waals surface area contributed by atoms with Gasteiger partial charge in [0.1, 0.15) is 0 Å². The van der Waals surface area contributed by atoms with E-state index >= 15 is 0 Å². The third kappa shape index (κ3) is 3.42. The van der Waals surface area contributed by atoms with Gasteiger partial charge in [0.05, 0.1) is 21.4 Å². The lowest BCUT2D eigenvalue weighted by Crippen LogP contribution is -2.42. The molecule has 30 heavy (non-hydrogen) atoms. The summed E-state index contributed by atoms with van der Waals surface area (Å²) in [6.45, 7) is 3.55. The van der Waals surface area contributed by atoms with Crippen molar-refractivity contribution < 1.29 is 27.7 Å². The number of benzene rings is 2. The van der Waals surface area contributed by atoms with Crippen LogP contribution in [0.1, 0.15) is 37.0 Å². The molecule has 2 aliphatic heterocycles. The molecule has 4 rings (SSSR count). The zero-order valence-electron chi connectivity index (χ0n) is 15.6. The van der Waals surface area contributed by atoms with Crippen LogP contribution in [0.3, 0.4) is 0 Å². The Bertz CT molecular complexity index is 1060. The van der Waals surface area contributed by atoms with E-state index in [1.54, 1.807) is 32.0 Å². The van der Waals surface area contributed by atoms with Gasteiger partial charge < -0.3 is 14.5 Å². The highest BCUT2D eigenvalue weighted by molar-refractivity contribution is 14.1. The van der Waals surface area contributed by atoms with Crippen LogP contribution in [-0.2, 0) is 20.7 Å². The Morgan fingerprint density at radius 1 is 1.20 bits per heavy atom. The highest BCUT2D eigenvalue weighted by atomic mass is 127. The van der Waals surface area contributed by atoms with E-state index in [1.807, 2.05) is 22.6 Å². The third-order valence-electron chi connectivity index (χ3n) is 5.34. The fraction of sp³-hybridized carbons (Fsp3) is 0.316. The van der Waals surface area contributed by atoms with Gasteiger partial charge in [0.25, 0.3) is 5.60 Å². The maximum Gasteiger partial charge on any atom is 0.492 e. The van der Waals surface area contributed by atoms with Crippen molar-refractivity contribution in [1.29, 1.82) is 0 Å². The van der Waals surface area contributed by atoms with Crippen molar-refractivity contribution in [2.45, 2.75) is 37.6 Å². The molecular formula is C19H14BCl2F3INO3. The largest absolute Gasteiger partial charge is 0.492 e. The minimum atomic E-state index is -4.76. The summed E-state index contributed by atoms with van der Waals surface area (Å²) >= 11 is 13.9. The molecule has 2 aliphatic rings. The van der Waals surface area contributed by atoms with Gasteiger partial charge in [-0.25, -0.2) is 0 Å². The predicted octanol–water partition coefficient (Wildman–Crippen LogP) is 5.13. The van der Waals surface area contributed by atoms with Crippen LogP contribution >= 0.6 is 45.8 Å². The fourth-order valence-corrected chi connectivity index (χ4v) is 4.84. The highest BCUT2D eigenvalue weighted by Gasteiger charge is 2.62. The molecule has 0 amide bonds. The molecule has 0 bridgehead atoms. The standard InChI is InChI=1S/C19H14BCl2F3INO3/c1-17(2)11-5-9(3-4-12(11)20(28)29-17)15-8-18(30-27-15,19(23,24)25)10-6-13(21)16(22)14(26)7-10/h3-7,28H,8H2,1-2H3. The number of alkyl halides is 3. The monoisotopic (exact) mass is 569 g/mol. The molecule has 0 saturated carbocycles. The summed E-state index contributed by atoms with van der Waals surface area (Å²) in [5.74, 6) is 0. The van der Waals surface area contributed by atoms with Crippen LogP contribution < -0.4 is 5.46 Å². The summed E-state index contributed by atoms with van der Waals surface area (Å²) in [4.78, 5) is 5.08. The molecule has 11 heteroatoms. The van der Waals surface area contributed by atoms with Crippen molar-refractivity contribution in [2.24, 2.45) is 5.16 Å². The molecular weight excluding hydrogens is 556 g/mol. The lowest BCUT2D eigenvalue weighted by molar-refractivity contribution is -0.275. The molecule has 2 heterocycles. The van der Waals surface area contributed by atoms with Crippen LogP contribution in [-0.4, -0.2) is 24.0 Å². The van der Waals surface area contributed by atoms with Crippen molar-refractivity contribution in [2.75, 3.05) is 0 Å². The van der Waals surface area contributed by atoms with Gasteiger partial charge in [-0.15, -0.1) is 0 Å². The van der Waals surface area contributed by atoms with E-state index in [0.29, 0.717) is 20.2 Å². The summed E-state index contributed by atoms with van der Waals surface area (Å²) < 4.78 is 48.5. The second-order valence-electron chi connectivity index (χ2n) is 7.67. The molecule has 1 N–H and O–H groups in total. The van der Waals surface area contributed by atoms with Crippen molar-refractivity contribution in [3.63, 3.8) is 0 Å². The first-order chi connectivity index (χ1) is 13.9.